The molecule has 0 aliphatic carbocycles. The van der Waals surface area contributed by atoms with Crippen LogP contribution >= 0.6 is 15.9 Å². The molecule has 0 aliphatic heterocycles. The molecular formula is C14H13BrN2O4. The molecule has 0 amide bonds. The van der Waals surface area contributed by atoms with Crippen LogP contribution in [0.25, 0.3) is 0 Å². The van der Waals surface area contributed by atoms with Crippen LogP contribution in [0.5, 0.6) is 11.5 Å². The standard InChI is InChI=1S/C14H13BrN2O4/c1-20-10-4-5-13(17(18)19)12(8-10)16-9-3-6-14(21-2)11(15)7-9/h3-8,16H,1-2H3. The molecule has 21 heavy (non-hydrogen) atoms. The van der Waals surface area contributed by atoms with Crippen molar-refractivity contribution in [3.05, 3.63) is 51.0 Å². The number of hydrogen-bond donors (Lipinski definition) is 1. The summed E-state index contributed by atoms with van der Waals surface area (Å²) in [5.74, 6) is 1.22. The first-order chi connectivity index (χ1) is 10.0. The van der Waals surface area contributed by atoms with Crippen LogP contribution in [0.1, 0.15) is 0 Å². The van der Waals surface area contributed by atoms with Crippen LogP contribution in [-0.2, 0) is 0 Å². The van der Waals surface area contributed by atoms with E-state index in [4.69, 9.17) is 9.47 Å². The third-order valence-electron chi connectivity index (χ3n) is 2.83. The van der Waals surface area contributed by atoms with Crippen molar-refractivity contribution in [3.63, 3.8) is 0 Å². The fraction of sp³-hybridized carbons (Fsp3) is 0.143. The molecule has 0 heterocycles. The van der Waals surface area contributed by atoms with Crippen molar-refractivity contribution in [1.29, 1.82) is 0 Å². The van der Waals surface area contributed by atoms with Crippen LogP contribution in [0.3, 0.4) is 0 Å². The van der Waals surface area contributed by atoms with Crippen LogP contribution in [0.15, 0.2) is 40.9 Å². The predicted molar refractivity (Wildman–Crippen MR) is 83.6 cm³/mol. The van der Waals surface area contributed by atoms with Gasteiger partial charge in [0.1, 0.15) is 17.2 Å². The lowest BCUT2D eigenvalue weighted by Crippen LogP contribution is -1.98. The lowest BCUT2D eigenvalue weighted by atomic mass is 10.2. The van der Waals surface area contributed by atoms with E-state index in [0.29, 0.717) is 22.9 Å². The van der Waals surface area contributed by atoms with Crippen molar-refractivity contribution in [2.45, 2.75) is 0 Å². The molecule has 2 aromatic carbocycles. The van der Waals surface area contributed by atoms with Gasteiger partial charge in [0.2, 0.25) is 0 Å². The number of ether oxygens (including phenoxy) is 2. The number of methoxy groups -OCH3 is 2. The molecule has 0 fully saturated rings. The van der Waals surface area contributed by atoms with Gasteiger partial charge in [-0.25, -0.2) is 0 Å². The topological polar surface area (TPSA) is 73.6 Å². The molecular weight excluding hydrogens is 340 g/mol. The molecule has 0 radical (unpaired) electrons. The van der Waals surface area contributed by atoms with Gasteiger partial charge in [0.05, 0.1) is 23.6 Å². The van der Waals surface area contributed by atoms with Crippen LogP contribution < -0.4 is 14.8 Å². The average molecular weight is 353 g/mol. The largest absolute Gasteiger partial charge is 0.497 e. The molecule has 110 valence electrons. The number of hydrogen-bond acceptors (Lipinski definition) is 5. The minimum atomic E-state index is -0.444. The van der Waals surface area contributed by atoms with Gasteiger partial charge in [-0.3, -0.25) is 10.1 Å². The van der Waals surface area contributed by atoms with Gasteiger partial charge in [-0.1, -0.05) is 0 Å². The highest BCUT2D eigenvalue weighted by molar-refractivity contribution is 9.10. The summed E-state index contributed by atoms with van der Waals surface area (Å²) in [6.45, 7) is 0. The number of nitro groups is 1. The Morgan fingerprint density at radius 3 is 2.48 bits per heavy atom. The molecule has 0 saturated heterocycles. The summed E-state index contributed by atoms with van der Waals surface area (Å²) in [4.78, 5) is 10.6. The number of nitro benzene ring substituents is 1. The lowest BCUT2D eigenvalue weighted by Gasteiger charge is -2.10. The number of nitrogens with zero attached hydrogens (tertiary/aromatic N) is 1. The normalized spacial score (nSPS) is 10.0. The highest BCUT2D eigenvalue weighted by atomic mass is 79.9. The molecule has 0 spiro atoms. The Labute approximate surface area is 130 Å². The van der Waals surface area contributed by atoms with Crippen molar-refractivity contribution in [3.8, 4) is 11.5 Å². The predicted octanol–water partition coefficient (Wildman–Crippen LogP) is 4.12. The van der Waals surface area contributed by atoms with Gasteiger partial charge in [0, 0.05) is 17.8 Å². The van der Waals surface area contributed by atoms with E-state index < -0.39 is 4.92 Å². The van der Waals surface area contributed by atoms with E-state index in [1.165, 1.54) is 13.2 Å². The smallest absolute Gasteiger partial charge is 0.292 e. The van der Waals surface area contributed by atoms with Gasteiger partial charge in [0.15, 0.2) is 0 Å². The molecule has 0 unspecified atom stereocenters. The summed E-state index contributed by atoms with van der Waals surface area (Å²) >= 11 is 3.37. The van der Waals surface area contributed by atoms with Crippen molar-refractivity contribution in [2.75, 3.05) is 19.5 Å². The van der Waals surface area contributed by atoms with Gasteiger partial charge >= 0.3 is 0 Å². The number of nitrogens with one attached hydrogen (secondary N) is 1. The van der Waals surface area contributed by atoms with E-state index in [-0.39, 0.29) is 5.69 Å². The first-order valence-electron chi connectivity index (χ1n) is 5.98. The first kappa shape index (κ1) is 15.1. The average Bonchev–Trinajstić information content (AvgIpc) is 2.47. The minimum Gasteiger partial charge on any atom is -0.497 e. The number of anilines is 2. The SMILES string of the molecule is COc1ccc([N+](=O)[O-])c(Nc2ccc(OC)c(Br)c2)c1. The fourth-order valence-electron chi connectivity index (χ4n) is 1.80. The summed E-state index contributed by atoms with van der Waals surface area (Å²) in [7, 11) is 3.08. The quantitative estimate of drug-likeness (QED) is 0.647. The van der Waals surface area contributed by atoms with E-state index in [2.05, 4.69) is 21.2 Å². The van der Waals surface area contributed by atoms with Gasteiger partial charge in [0.25, 0.3) is 5.69 Å². The first-order valence-corrected chi connectivity index (χ1v) is 6.77. The molecule has 2 rings (SSSR count). The Balaban J connectivity index is 2.37. The Bertz CT molecular complexity index is 676. The second kappa shape index (κ2) is 6.45. The maximum atomic E-state index is 11.1. The second-order valence-corrected chi connectivity index (χ2v) is 4.97. The Morgan fingerprint density at radius 1 is 1.14 bits per heavy atom. The summed E-state index contributed by atoms with van der Waals surface area (Å²) in [5.41, 5.74) is 1.03. The van der Waals surface area contributed by atoms with Gasteiger partial charge in [-0.15, -0.1) is 0 Å². The highest BCUT2D eigenvalue weighted by Crippen LogP contribution is 2.34. The van der Waals surface area contributed by atoms with Gasteiger partial charge in [-0.05, 0) is 40.2 Å². The molecule has 0 saturated carbocycles. The van der Waals surface area contributed by atoms with Gasteiger partial charge in [-0.2, -0.15) is 0 Å². The van der Waals surface area contributed by atoms with Crippen LogP contribution in [0.4, 0.5) is 17.1 Å². The summed E-state index contributed by atoms with van der Waals surface area (Å²) in [5, 5.41) is 14.1. The molecule has 0 aromatic heterocycles. The molecule has 6 nitrogen and oxygen atoms in total. The van der Waals surface area contributed by atoms with E-state index in [0.717, 1.165) is 4.47 Å². The van der Waals surface area contributed by atoms with Gasteiger partial charge < -0.3 is 14.8 Å². The lowest BCUT2D eigenvalue weighted by molar-refractivity contribution is -0.383. The van der Waals surface area contributed by atoms with Crippen molar-refractivity contribution >= 4 is 33.0 Å². The fourth-order valence-corrected chi connectivity index (χ4v) is 2.34. The maximum Gasteiger partial charge on any atom is 0.292 e. The molecule has 1 N–H and O–H groups in total. The molecule has 7 heteroatoms. The number of benzene rings is 2. The molecule has 2 aromatic rings. The highest BCUT2D eigenvalue weighted by Gasteiger charge is 2.15. The Kier molecular flexibility index (Phi) is 4.64. The molecule has 0 atom stereocenters. The van der Waals surface area contributed by atoms with Crippen LogP contribution in [0, 0.1) is 10.1 Å². The third-order valence-corrected chi connectivity index (χ3v) is 3.45. The molecule has 0 aliphatic rings. The molecule has 0 bridgehead atoms. The van der Waals surface area contributed by atoms with E-state index in [1.807, 2.05) is 0 Å². The zero-order valence-corrected chi connectivity index (χ0v) is 13.0. The van der Waals surface area contributed by atoms with E-state index in [9.17, 15) is 10.1 Å². The second-order valence-electron chi connectivity index (χ2n) is 4.11. The number of halogens is 1. The Hall–Kier alpha value is -2.28. The third kappa shape index (κ3) is 3.43. The Morgan fingerprint density at radius 2 is 1.90 bits per heavy atom. The summed E-state index contributed by atoms with van der Waals surface area (Å²) < 4.78 is 11.0. The number of rotatable bonds is 5. The summed E-state index contributed by atoms with van der Waals surface area (Å²) in [6, 6.07) is 9.84. The van der Waals surface area contributed by atoms with E-state index in [1.54, 1.807) is 37.4 Å². The monoisotopic (exact) mass is 352 g/mol. The van der Waals surface area contributed by atoms with Crippen molar-refractivity contribution < 1.29 is 14.4 Å². The summed E-state index contributed by atoms with van der Waals surface area (Å²) in [6.07, 6.45) is 0. The zero-order valence-electron chi connectivity index (χ0n) is 11.4. The van der Waals surface area contributed by atoms with Crippen LogP contribution in [-0.4, -0.2) is 19.1 Å². The maximum absolute atomic E-state index is 11.1. The van der Waals surface area contributed by atoms with Crippen molar-refractivity contribution in [2.24, 2.45) is 0 Å². The van der Waals surface area contributed by atoms with Crippen molar-refractivity contribution in [1.82, 2.24) is 0 Å². The van der Waals surface area contributed by atoms with Crippen LogP contribution in [0.2, 0.25) is 0 Å². The zero-order chi connectivity index (χ0) is 15.4. The minimum absolute atomic E-state index is 0.0252. The van der Waals surface area contributed by atoms with E-state index >= 15 is 0 Å².